The van der Waals surface area contributed by atoms with Crippen molar-refractivity contribution in [1.82, 2.24) is 9.88 Å². The molecule has 0 unspecified atom stereocenters. The maximum absolute atomic E-state index is 12.5. The fourth-order valence-corrected chi connectivity index (χ4v) is 2.45. The Labute approximate surface area is 131 Å². The lowest BCUT2D eigenvalue weighted by atomic mass is 9.88. The second-order valence-corrected chi connectivity index (χ2v) is 7.04. The zero-order valence-electron chi connectivity index (χ0n) is 13.9. The topological polar surface area (TPSA) is 60.3 Å². The molecule has 1 fully saturated rings. The van der Waals surface area contributed by atoms with Gasteiger partial charge >= 0.3 is 0 Å². The van der Waals surface area contributed by atoms with Crippen LogP contribution in [0.15, 0.2) is 17.1 Å². The van der Waals surface area contributed by atoms with Crippen LogP contribution in [0.25, 0.3) is 0 Å². The molecule has 0 aliphatic carbocycles. The Bertz CT molecular complexity index is 600. The van der Waals surface area contributed by atoms with Gasteiger partial charge in [0.05, 0.1) is 13.2 Å². The molecule has 1 aromatic rings. The van der Waals surface area contributed by atoms with Gasteiger partial charge in [-0.2, -0.15) is 0 Å². The predicted molar refractivity (Wildman–Crippen MR) is 86.2 cm³/mol. The van der Waals surface area contributed by atoms with Crippen molar-refractivity contribution in [3.8, 4) is 0 Å². The number of aryl methyl sites for hydroxylation is 2. The maximum atomic E-state index is 12.5. The number of carbonyl (C=O) groups is 1. The Morgan fingerprint density at radius 1 is 1.45 bits per heavy atom. The van der Waals surface area contributed by atoms with Gasteiger partial charge in [-0.1, -0.05) is 20.8 Å². The molecule has 0 spiro atoms. The molecule has 5 heteroatoms. The Morgan fingerprint density at radius 3 is 2.68 bits per heavy atom. The van der Waals surface area contributed by atoms with Crippen LogP contribution < -0.4 is 10.9 Å². The molecule has 5 nitrogen and oxygen atoms in total. The van der Waals surface area contributed by atoms with Gasteiger partial charge in [-0.3, -0.25) is 9.59 Å². The zero-order chi connectivity index (χ0) is 16.3. The van der Waals surface area contributed by atoms with Crippen molar-refractivity contribution in [2.45, 2.75) is 40.7 Å². The molecule has 1 aromatic heterocycles. The number of hydrogen-bond donors (Lipinski definition) is 1. The minimum atomic E-state index is -0.283. The summed E-state index contributed by atoms with van der Waals surface area (Å²) >= 11 is 0. The quantitative estimate of drug-likeness (QED) is 0.874. The van der Waals surface area contributed by atoms with E-state index in [2.05, 4.69) is 26.1 Å². The van der Waals surface area contributed by atoms with Crippen LogP contribution in [0.2, 0.25) is 0 Å². The molecule has 1 N–H and O–H groups in total. The van der Waals surface area contributed by atoms with E-state index in [-0.39, 0.29) is 22.4 Å². The largest absolute Gasteiger partial charge is 0.380 e. The van der Waals surface area contributed by atoms with Gasteiger partial charge in [-0.15, -0.1) is 0 Å². The van der Waals surface area contributed by atoms with Crippen LogP contribution >= 0.6 is 0 Å². The molecule has 0 bridgehead atoms. The molecule has 1 aliphatic heterocycles. The lowest BCUT2D eigenvalue weighted by molar-refractivity contribution is -0.0978. The van der Waals surface area contributed by atoms with Gasteiger partial charge in [-0.25, -0.2) is 0 Å². The van der Waals surface area contributed by atoms with E-state index in [1.54, 1.807) is 17.7 Å². The second kappa shape index (κ2) is 6.65. The Morgan fingerprint density at radius 2 is 2.14 bits per heavy atom. The van der Waals surface area contributed by atoms with Crippen LogP contribution in [0.5, 0.6) is 0 Å². The summed E-state index contributed by atoms with van der Waals surface area (Å²) in [6.07, 6.45) is 2.69. The standard InChI is InChI=1S/C17H26N2O3/c1-12(2)5-7-19-8-6-13(3)14(16(19)21)15(20)18-9-17(4)10-22-11-17/h6,8,12H,5,7,9-11H2,1-4H3,(H,18,20). The average Bonchev–Trinajstić information content (AvgIpc) is 2.42. The summed E-state index contributed by atoms with van der Waals surface area (Å²) in [6.45, 7) is 10.6. The van der Waals surface area contributed by atoms with Crippen LogP contribution in [-0.2, 0) is 11.3 Å². The Kier molecular flexibility index (Phi) is 5.06. The molecule has 1 saturated heterocycles. The molecule has 122 valence electrons. The van der Waals surface area contributed by atoms with E-state index in [1.807, 2.05) is 6.07 Å². The predicted octanol–water partition coefficient (Wildman–Crippen LogP) is 1.97. The van der Waals surface area contributed by atoms with E-state index in [0.717, 1.165) is 12.0 Å². The third-order valence-corrected chi connectivity index (χ3v) is 4.12. The molecular formula is C17H26N2O3. The van der Waals surface area contributed by atoms with Crippen molar-refractivity contribution >= 4 is 5.91 Å². The summed E-state index contributed by atoms with van der Waals surface area (Å²) in [7, 11) is 0. The van der Waals surface area contributed by atoms with Crippen molar-refractivity contribution in [3.63, 3.8) is 0 Å². The highest BCUT2D eigenvalue weighted by Crippen LogP contribution is 2.25. The number of carbonyl (C=O) groups excluding carboxylic acids is 1. The number of nitrogens with one attached hydrogen (secondary N) is 1. The maximum Gasteiger partial charge on any atom is 0.263 e. The molecule has 1 aliphatic rings. The number of pyridine rings is 1. The fourth-order valence-electron chi connectivity index (χ4n) is 2.45. The summed E-state index contributed by atoms with van der Waals surface area (Å²) in [5.74, 6) is 0.235. The molecule has 22 heavy (non-hydrogen) atoms. The summed E-state index contributed by atoms with van der Waals surface area (Å²) in [4.78, 5) is 24.9. The van der Waals surface area contributed by atoms with Gasteiger partial charge < -0.3 is 14.6 Å². The van der Waals surface area contributed by atoms with Crippen LogP contribution in [0, 0.1) is 18.3 Å². The first kappa shape index (κ1) is 16.7. The number of amides is 1. The molecule has 2 heterocycles. The molecule has 0 atom stereocenters. The molecule has 1 amide bonds. The van der Waals surface area contributed by atoms with Crippen molar-refractivity contribution in [1.29, 1.82) is 0 Å². The molecule has 2 rings (SSSR count). The minimum absolute atomic E-state index is 0.00495. The first-order chi connectivity index (χ1) is 10.3. The van der Waals surface area contributed by atoms with Gasteiger partial charge in [0.25, 0.3) is 11.5 Å². The second-order valence-electron chi connectivity index (χ2n) is 7.04. The monoisotopic (exact) mass is 306 g/mol. The highest BCUT2D eigenvalue weighted by atomic mass is 16.5. The fraction of sp³-hybridized carbons (Fsp3) is 0.647. The van der Waals surface area contributed by atoms with E-state index in [4.69, 9.17) is 4.74 Å². The molecule has 0 radical (unpaired) electrons. The minimum Gasteiger partial charge on any atom is -0.380 e. The third kappa shape index (κ3) is 3.77. The number of aromatic nitrogens is 1. The van der Waals surface area contributed by atoms with E-state index in [0.29, 0.717) is 32.2 Å². The first-order valence-corrected chi connectivity index (χ1v) is 7.88. The van der Waals surface area contributed by atoms with Crippen LogP contribution in [-0.4, -0.2) is 30.2 Å². The normalized spacial score (nSPS) is 16.4. The van der Waals surface area contributed by atoms with Crippen molar-refractivity contribution in [3.05, 3.63) is 33.7 Å². The van der Waals surface area contributed by atoms with E-state index >= 15 is 0 Å². The van der Waals surface area contributed by atoms with Gasteiger partial charge in [0.1, 0.15) is 5.56 Å². The van der Waals surface area contributed by atoms with Gasteiger partial charge in [-0.05, 0) is 30.9 Å². The number of rotatable bonds is 6. The van der Waals surface area contributed by atoms with Crippen molar-refractivity contribution in [2.24, 2.45) is 11.3 Å². The summed E-state index contributed by atoms with van der Waals surface area (Å²) in [5.41, 5.74) is 0.774. The Balaban J connectivity index is 2.12. The first-order valence-electron chi connectivity index (χ1n) is 7.88. The van der Waals surface area contributed by atoms with Crippen LogP contribution in [0.4, 0.5) is 0 Å². The van der Waals surface area contributed by atoms with E-state index in [9.17, 15) is 9.59 Å². The SMILES string of the molecule is Cc1ccn(CCC(C)C)c(=O)c1C(=O)NCC1(C)COC1. The third-order valence-electron chi connectivity index (χ3n) is 4.12. The average molecular weight is 306 g/mol. The highest BCUT2D eigenvalue weighted by molar-refractivity contribution is 5.95. The Hall–Kier alpha value is -1.62. The van der Waals surface area contributed by atoms with Gasteiger partial charge in [0.15, 0.2) is 0 Å². The lowest BCUT2D eigenvalue weighted by Crippen LogP contribution is -2.49. The summed E-state index contributed by atoms with van der Waals surface area (Å²) in [6, 6.07) is 1.84. The van der Waals surface area contributed by atoms with Crippen LogP contribution in [0.1, 0.15) is 43.1 Å². The lowest BCUT2D eigenvalue weighted by Gasteiger charge is -2.38. The highest BCUT2D eigenvalue weighted by Gasteiger charge is 2.34. The van der Waals surface area contributed by atoms with Crippen LogP contribution in [0.3, 0.4) is 0 Å². The molecular weight excluding hydrogens is 280 g/mol. The number of hydrogen-bond acceptors (Lipinski definition) is 3. The zero-order valence-corrected chi connectivity index (χ0v) is 13.9. The molecule has 0 aromatic carbocycles. The van der Waals surface area contributed by atoms with E-state index in [1.165, 1.54) is 0 Å². The van der Waals surface area contributed by atoms with E-state index < -0.39 is 0 Å². The van der Waals surface area contributed by atoms with Crippen molar-refractivity contribution in [2.75, 3.05) is 19.8 Å². The smallest absolute Gasteiger partial charge is 0.263 e. The molecule has 0 saturated carbocycles. The summed E-state index contributed by atoms with van der Waals surface area (Å²) < 4.78 is 6.81. The number of nitrogens with zero attached hydrogens (tertiary/aromatic N) is 1. The summed E-state index contributed by atoms with van der Waals surface area (Å²) in [5, 5.41) is 2.88. The van der Waals surface area contributed by atoms with Crippen molar-refractivity contribution < 1.29 is 9.53 Å². The van der Waals surface area contributed by atoms with Gasteiger partial charge in [0.2, 0.25) is 0 Å². The van der Waals surface area contributed by atoms with Gasteiger partial charge in [0, 0.05) is 24.7 Å². The number of ether oxygens (including phenoxy) is 1.